The Labute approximate surface area is 135 Å². The standard InChI is InChI=1S/C16H13Br2NO/c17-13-3-1-11(2-4-13)9-16(20)19-8-7-12-10-14(18)5-6-15(12)19/h1-6,10H,7-9H2. The zero-order valence-electron chi connectivity index (χ0n) is 10.8. The van der Waals surface area contributed by atoms with Crippen LogP contribution in [-0.2, 0) is 17.6 Å². The minimum atomic E-state index is 0.161. The molecule has 0 saturated carbocycles. The Hall–Kier alpha value is -1.13. The Morgan fingerprint density at radius 1 is 1.05 bits per heavy atom. The maximum absolute atomic E-state index is 12.4. The molecule has 0 aromatic heterocycles. The quantitative estimate of drug-likeness (QED) is 0.741. The van der Waals surface area contributed by atoms with Crippen LogP contribution in [0.2, 0.25) is 0 Å². The lowest BCUT2D eigenvalue weighted by Crippen LogP contribution is -2.30. The first-order chi connectivity index (χ1) is 9.63. The lowest BCUT2D eigenvalue weighted by molar-refractivity contribution is -0.117. The molecule has 0 radical (unpaired) electrons. The van der Waals surface area contributed by atoms with Crippen LogP contribution in [-0.4, -0.2) is 12.5 Å². The number of rotatable bonds is 2. The van der Waals surface area contributed by atoms with Crippen LogP contribution < -0.4 is 4.90 Å². The molecule has 2 nitrogen and oxygen atoms in total. The average molecular weight is 395 g/mol. The van der Waals surface area contributed by atoms with Crippen LogP contribution in [0.3, 0.4) is 0 Å². The van der Waals surface area contributed by atoms with Crippen LogP contribution in [0.4, 0.5) is 5.69 Å². The fraction of sp³-hybridized carbons (Fsp3) is 0.188. The molecule has 0 spiro atoms. The van der Waals surface area contributed by atoms with Crippen molar-refractivity contribution in [2.75, 3.05) is 11.4 Å². The molecule has 1 amide bonds. The number of nitrogens with zero attached hydrogens (tertiary/aromatic N) is 1. The number of carbonyl (C=O) groups is 1. The zero-order chi connectivity index (χ0) is 14.1. The first-order valence-corrected chi connectivity index (χ1v) is 8.05. The summed E-state index contributed by atoms with van der Waals surface area (Å²) in [5.74, 6) is 0.161. The molecule has 102 valence electrons. The molecule has 2 aromatic carbocycles. The van der Waals surface area contributed by atoms with E-state index in [9.17, 15) is 4.79 Å². The average Bonchev–Trinajstić information content (AvgIpc) is 2.84. The van der Waals surface area contributed by atoms with Gasteiger partial charge in [-0.05, 0) is 47.9 Å². The summed E-state index contributed by atoms with van der Waals surface area (Å²) in [5, 5.41) is 0. The predicted octanol–water partition coefficient (Wildman–Crippen LogP) is 4.34. The van der Waals surface area contributed by atoms with Gasteiger partial charge in [0.15, 0.2) is 0 Å². The lowest BCUT2D eigenvalue weighted by atomic mass is 10.1. The van der Waals surface area contributed by atoms with Crippen molar-refractivity contribution in [2.24, 2.45) is 0 Å². The van der Waals surface area contributed by atoms with Crippen LogP contribution in [0.25, 0.3) is 0 Å². The van der Waals surface area contributed by atoms with Crippen LogP contribution in [0.15, 0.2) is 51.4 Å². The molecule has 4 heteroatoms. The lowest BCUT2D eigenvalue weighted by Gasteiger charge is -2.17. The molecule has 0 aliphatic carbocycles. The van der Waals surface area contributed by atoms with Gasteiger partial charge >= 0.3 is 0 Å². The monoisotopic (exact) mass is 393 g/mol. The summed E-state index contributed by atoms with van der Waals surface area (Å²) in [4.78, 5) is 14.3. The molecule has 2 aromatic rings. The molecule has 3 rings (SSSR count). The number of hydrogen-bond acceptors (Lipinski definition) is 1. The molecule has 0 saturated heterocycles. The number of halogens is 2. The number of amides is 1. The van der Waals surface area contributed by atoms with Gasteiger partial charge in [0, 0.05) is 21.2 Å². The summed E-state index contributed by atoms with van der Waals surface area (Å²) in [6.07, 6.45) is 1.38. The summed E-state index contributed by atoms with van der Waals surface area (Å²) in [7, 11) is 0. The molecule has 0 N–H and O–H groups in total. The van der Waals surface area contributed by atoms with E-state index in [1.807, 2.05) is 41.3 Å². The van der Waals surface area contributed by atoms with Crippen molar-refractivity contribution < 1.29 is 4.79 Å². The van der Waals surface area contributed by atoms with Gasteiger partial charge in [-0.3, -0.25) is 4.79 Å². The molecule has 20 heavy (non-hydrogen) atoms. The summed E-state index contributed by atoms with van der Waals surface area (Å²) < 4.78 is 2.10. The minimum Gasteiger partial charge on any atom is -0.312 e. The van der Waals surface area contributed by atoms with Crippen molar-refractivity contribution in [3.05, 3.63) is 62.5 Å². The normalized spacial score (nSPS) is 13.4. The van der Waals surface area contributed by atoms with Gasteiger partial charge in [0.25, 0.3) is 0 Å². The molecule has 0 fully saturated rings. The second kappa shape index (κ2) is 5.70. The van der Waals surface area contributed by atoms with E-state index < -0.39 is 0 Å². The van der Waals surface area contributed by atoms with Gasteiger partial charge in [0.1, 0.15) is 0 Å². The summed E-state index contributed by atoms with van der Waals surface area (Å²) >= 11 is 6.88. The van der Waals surface area contributed by atoms with Crippen molar-refractivity contribution >= 4 is 43.5 Å². The van der Waals surface area contributed by atoms with Crippen molar-refractivity contribution in [2.45, 2.75) is 12.8 Å². The third-order valence-electron chi connectivity index (χ3n) is 3.51. The number of benzene rings is 2. The van der Waals surface area contributed by atoms with E-state index in [4.69, 9.17) is 0 Å². The third-order valence-corrected chi connectivity index (χ3v) is 4.53. The largest absolute Gasteiger partial charge is 0.312 e. The first-order valence-electron chi connectivity index (χ1n) is 6.47. The Balaban J connectivity index is 1.78. The van der Waals surface area contributed by atoms with Gasteiger partial charge in [-0.1, -0.05) is 44.0 Å². The molecule has 1 heterocycles. The number of anilines is 1. The summed E-state index contributed by atoms with van der Waals surface area (Å²) in [6.45, 7) is 0.779. The highest BCUT2D eigenvalue weighted by molar-refractivity contribution is 9.10. The van der Waals surface area contributed by atoms with Gasteiger partial charge in [0.05, 0.1) is 6.42 Å². The van der Waals surface area contributed by atoms with E-state index in [0.717, 1.165) is 33.2 Å². The molecule has 0 bridgehead atoms. The second-order valence-electron chi connectivity index (χ2n) is 4.87. The third kappa shape index (κ3) is 2.81. The van der Waals surface area contributed by atoms with E-state index in [-0.39, 0.29) is 5.91 Å². The van der Waals surface area contributed by atoms with Gasteiger partial charge in [0.2, 0.25) is 5.91 Å². The SMILES string of the molecule is O=C(Cc1ccc(Br)cc1)N1CCc2cc(Br)ccc21. The van der Waals surface area contributed by atoms with Crippen molar-refractivity contribution in [3.63, 3.8) is 0 Å². The van der Waals surface area contributed by atoms with Crippen LogP contribution in [0.5, 0.6) is 0 Å². The Morgan fingerprint density at radius 2 is 1.75 bits per heavy atom. The van der Waals surface area contributed by atoms with Crippen LogP contribution in [0.1, 0.15) is 11.1 Å². The van der Waals surface area contributed by atoms with E-state index in [0.29, 0.717) is 6.42 Å². The van der Waals surface area contributed by atoms with E-state index in [1.165, 1.54) is 5.56 Å². The highest BCUT2D eigenvalue weighted by atomic mass is 79.9. The molecule has 0 unspecified atom stereocenters. The van der Waals surface area contributed by atoms with Crippen LogP contribution >= 0.6 is 31.9 Å². The predicted molar refractivity (Wildman–Crippen MR) is 88.0 cm³/mol. The van der Waals surface area contributed by atoms with E-state index in [1.54, 1.807) is 0 Å². The van der Waals surface area contributed by atoms with Crippen molar-refractivity contribution in [3.8, 4) is 0 Å². The van der Waals surface area contributed by atoms with E-state index in [2.05, 4.69) is 37.9 Å². The molecular formula is C16H13Br2NO. The summed E-state index contributed by atoms with van der Waals surface area (Å²) in [5.41, 5.74) is 3.34. The fourth-order valence-electron chi connectivity index (χ4n) is 2.50. The summed E-state index contributed by atoms with van der Waals surface area (Å²) in [6, 6.07) is 14.0. The molecule has 0 atom stereocenters. The fourth-order valence-corrected chi connectivity index (χ4v) is 3.17. The molecular weight excluding hydrogens is 382 g/mol. The minimum absolute atomic E-state index is 0.161. The second-order valence-corrected chi connectivity index (χ2v) is 6.70. The number of hydrogen-bond donors (Lipinski definition) is 0. The highest BCUT2D eigenvalue weighted by Crippen LogP contribution is 2.31. The van der Waals surface area contributed by atoms with E-state index >= 15 is 0 Å². The van der Waals surface area contributed by atoms with Crippen LogP contribution in [0, 0.1) is 0 Å². The van der Waals surface area contributed by atoms with Gasteiger partial charge in [-0.2, -0.15) is 0 Å². The van der Waals surface area contributed by atoms with Crippen molar-refractivity contribution in [1.29, 1.82) is 0 Å². The van der Waals surface area contributed by atoms with Crippen molar-refractivity contribution in [1.82, 2.24) is 0 Å². The Kier molecular flexibility index (Phi) is 3.94. The van der Waals surface area contributed by atoms with Gasteiger partial charge in [-0.25, -0.2) is 0 Å². The first kappa shape index (κ1) is 13.8. The maximum Gasteiger partial charge on any atom is 0.231 e. The molecule has 1 aliphatic rings. The maximum atomic E-state index is 12.4. The number of carbonyl (C=O) groups excluding carboxylic acids is 1. The highest BCUT2D eigenvalue weighted by Gasteiger charge is 2.24. The smallest absolute Gasteiger partial charge is 0.231 e. The van der Waals surface area contributed by atoms with Gasteiger partial charge in [-0.15, -0.1) is 0 Å². The Morgan fingerprint density at radius 3 is 2.50 bits per heavy atom. The topological polar surface area (TPSA) is 20.3 Å². The molecule has 1 aliphatic heterocycles. The Bertz CT molecular complexity index is 652. The number of fused-ring (bicyclic) bond motifs is 1. The van der Waals surface area contributed by atoms with Gasteiger partial charge < -0.3 is 4.90 Å². The zero-order valence-corrected chi connectivity index (χ0v) is 13.9.